The second-order valence-corrected chi connectivity index (χ2v) is 6.25. The summed E-state index contributed by atoms with van der Waals surface area (Å²) in [6.07, 6.45) is 6.37. The van der Waals surface area contributed by atoms with Crippen molar-refractivity contribution >= 4 is 0 Å². The smallest absolute Gasteiger partial charge is 0.0560 e. The van der Waals surface area contributed by atoms with Gasteiger partial charge in [0, 0.05) is 24.5 Å². The van der Waals surface area contributed by atoms with E-state index in [2.05, 4.69) is 45.0 Å². The molecule has 0 radical (unpaired) electrons. The van der Waals surface area contributed by atoms with Crippen molar-refractivity contribution in [2.75, 3.05) is 0 Å². The Hall–Kier alpha value is -0.830. The van der Waals surface area contributed by atoms with Gasteiger partial charge < -0.3 is 5.32 Å². The van der Waals surface area contributed by atoms with Crippen LogP contribution in [0.25, 0.3) is 0 Å². The molecule has 0 saturated carbocycles. The zero-order chi connectivity index (χ0) is 13.5. The summed E-state index contributed by atoms with van der Waals surface area (Å²) in [7, 11) is 0. The molecule has 1 aromatic rings. The van der Waals surface area contributed by atoms with Crippen LogP contribution in [0.5, 0.6) is 0 Å². The van der Waals surface area contributed by atoms with Crippen molar-refractivity contribution < 1.29 is 0 Å². The Bertz CT molecular complexity index is 294. The predicted molar refractivity (Wildman–Crippen MR) is 77.5 cm³/mol. The molecule has 1 rings (SSSR count). The zero-order valence-electron chi connectivity index (χ0n) is 12.6. The van der Waals surface area contributed by atoms with Gasteiger partial charge in [-0.05, 0) is 37.7 Å². The van der Waals surface area contributed by atoms with E-state index in [-0.39, 0.29) is 0 Å². The molecule has 0 saturated heterocycles. The molecule has 0 aliphatic heterocycles. The second kappa shape index (κ2) is 7.57. The molecule has 104 valence electrons. The Morgan fingerprint density at radius 3 is 2.11 bits per heavy atom. The van der Waals surface area contributed by atoms with Crippen LogP contribution < -0.4 is 5.32 Å². The van der Waals surface area contributed by atoms with Gasteiger partial charge >= 0.3 is 0 Å². The predicted octanol–water partition coefficient (Wildman–Crippen LogP) is 3.32. The van der Waals surface area contributed by atoms with Gasteiger partial charge in [0.05, 0.1) is 6.54 Å². The summed E-state index contributed by atoms with van der Waals surface area (Å²) in [5.74, 6) is 1.50. The molecule has 0 bridgehead atoms. The van der Waals surface area contributed by atoms with Gasteiger partial charge in [-0.2, -0.15) is 5.10 Å². The van der Waals surface area contributed by atoms with E-state index >= 15 is 0 Å². The van der Waals surface area contributed by atoms with Crippen LogP contribution in [0.1, 0.15) is 47.5 Å². The second-order valence-electron chi connectivity index (χ2n) is 6.25. The molecule has 3 nitrogen and oxygen atoms in total. The number of aromatic nitrogens is 2. The molecular weight excluding hydrogens is 222 g/mol. The van der Waals surface area contributed by atoms with E-state index in [0.717, 1.165) is 18.4 Å². The third-order valence-corrected chi connectivity index (χ3v) is 3.05. The Morgan fingerprint density at radius 1 is 1.06 bits per heavy atom. The monoisotopic (exact) mass is 251 g/mol. The molecule has 0 amide bonds. The van der Waals surface area contributed by atoms with Gasteiger partial charge in [0.15, 0.2) is 0 Å². The van der Waals surface area contributed by atoms with Crippen LogP contribution in [0, 0.1) is 11.8 Å². The summed E-state index contributed by atoms with van der Waals surface area (Å²) in [5.41, 5.74) is 0. The number of hydrogen-bond donors (Lipinski definition) is 1. The van der Waals surface area contributed by atoms with Crippen LogP contribution in [0.2, 0.25) is 0 Å². The summed E-state index contributed by atoms with van der Waals surface area (Å²) in [6, 6.07) is 3.06. The first-order valence-electron chi connectivity index (χ1n) is 7.20. The number of rotatable bonds is 8. The lowest BCUT2D eigenvalue weighted by atomic mass is 9.95. The minimum atomic E-state index is 0.465. The third-order valence-electron chi connectivity index (χ3n) is 3.05. The fraction of sp³-hybridized carbons (Fsp3) is 0.800. The SMILES string of the molecule is CC(C)CC(CC(C)C)NC(C)Cn1cccn1. The van der Waals surface area contributed by atoms with Crippen LogP contribution >= 0.6 is 0 Å². The fourth-order valence-electron chi connectivity index (χ4n) is 2.51. The normalized spacial score (nSPS) is 13.8. The van der Waals surface area contributed by atoms with Gasteiger partial charge in [-0.15, -0.1) is 0 Å². The highest BCUT2D eigenvalue weighted by atomic mass is 15.3. The average molecular weight is 251 g/mol. The van der Waals surface area contributed by atoms with Crippen molar-refractivity contribution in [1.82, 2.24) is 15.1 Å². The Labute approximate surface area is 112 Å². The molecule has 0 aromatic carbocycles. The van der Waals surface area contributed by atoms with E-state index in [9.17, 15) is 0 Å². The van der Waals surface area contributed by atoms with E-state index in [1.807, 2.05) is 23.1 Å². The van der Waals surface area contributed by atoms with E-state index in [4.69, 9.17) is 0 Å². The molecule has 0 aliphatic rings. The molecule has 0 fully saturated rings. The first-order valence-corrected chi connectivity index (χ1v) is 7.20. The van der Waals surface area contributed by atoms with Gasteiger partial charge in [-0.25, -0.2) is 0 Å². The Balaban J connectivity index is 2.43. The third kappa shape index (κ3) is 6.20. The minimum absolute atomic E-state index is 0.465. The van der Waals surface area contributed by atoms with Gasteiger partial charge in [-0.1, -0.05) is 27.7 Å². The molecule has 1 aromatic heterocycles. The van der Waals surface area contributed by atoms with Gasteiger partial charge in [0.1, 0.15) is 0 Å². The Morgan fingerprint density at radius 2 is 1.67 bits per heavy atom. The van der Waals surface area contributed by atoms with Crippen LogP contribution in [0.15, 0.2) is 18.5 Å². The highest BCUT2D eigenvalue weighted by Gasteiger charge is 2.15. The maximum absolute atomic E-state index is 4.26. The summed E-state index contributed by atoms with van der Waals surface area (Å²) < 4.78 is 2.00. The molecule has 1 unspecified atom stereocenters. The van der Waals surface area contributed by atoms with E-state index in [1.165, 1.54) is 12.8 Å². The number of nitrogens with zero attached hydrogens (tertiary/aromatic N) is 2. The quantitative estimate of drug-likeness (QED) is 0.768. The van der Waals surface area contributed by atoms with Crippen LogP contribution in [-0.2, 0) is 6.54 Å². The van der Waals surface area contributed by atoms with Crippen molar-refractivity contribution in [3.05, 3.63) is 18.5 Å². The van der Waals surface area contributed by atoms with E-state index < -0.39 is 0 Å². The minimum Gasteiger partial charge on any atom is -0.310 e. The standard InChI is InChI=1S/C15H29N3/c1-12(2)9-15(10-13(3)4)17-14(5)11-18-8-6-7-16-18/h6-8,12-15,17H,9-11H2,1-5H3. The zero-order valence-corrected chi connectivity index (χ0v) is 12.6. The number of nitrogens with one attached hydrogen (secondary N) is 1. The van der Waals surface area contributed by atoms with Crippen molar-refractivity contribution in [1.29, 1.82) is 0 Å². The molecule has 3 heteroatoms. The first-order chi connectivity index (χ1) is 8.47. The summed E-state index contributed by atoms with van der Waals surface area (Å²) >= 11 is 0. The fourth-order valence-corrected chi connectivity index (χ4v) is 2.51. The topological polar surface area (TPSA) is 29.9 Å². The number of hydrogen-bond acceptors (Lipinski definition) is 2. The van der Waals surface area contributed by atoms with E-state index in [0.29, 0.717) is 12.1 Å². The molecule has 0 aliphatic carbocycles. The molecule has 1 heterocycles. The lowest BCUT2D eigenvalue weighted by Gasteiger charge is -2.26. The first kappa shape index (κ1) is 15.2. The van der Waals surface area contributed by atoms with Crippen molar-refractivity contribution in [2.45, 2.75) is 66.1 Å². The van der Waals surface area contributed by atoms with Crippen molar-refractivity contribution in [2.24, 2.45) is 11.8 Å². The average Bonchev–Trinajstić information content (AvgIpc) is 2.67. The maximum Gasteiger partial charge on any atom is 0.0560 e. The Kier molecular flexibility index (Phi) is 6.41. The van der Waals surface area contributed by atoms with Gasteiger partial charge in [-0.3, -0.25) is 4.68 Å². The van der Waals surface area contributed by atoms with E-state index in [1.54, 1.807) is 0 Å². The molecule has 1 atom stereocenters. The van der Waals surface area contributed by atoms with Crippen LogP contribution in [-0.4, -0.2) is 21.9 Å². The summed E-state index contributed by atoms with van der Waals surface area (Å²) in [4.78, 5) is 0. The lowest BCUT2D eigenvalue weighted by Crippen LogP contribution is -2.40. The summed E-state index contributed by atoms with van der Waals surface area (Å²) in [6.45, 7) is 12.4. The molecule has 18 heavy (non-hydrogen) atoms. The van der Waals surface area contributed by atoms with Crippen molar-refractivity contribution in [3.63, 3.8) is 0 Å². The largest absolute Gasteiger partial charge is 0.310 e. The maximum atomic E-state index is 4.26. The lowest BCUT2D eigenvalue weighted by molar-refractivity contribution is 0.314. The summed E-state index contributed by atoms with van der Waals surface area (Å²) in [5, 5.41) is 8.02. The highest BCUT2D eigenvalue weighted by Crippen LogP contribution is 2.14. The van der Waals surface area contributed by atoms with Crippen molar-refractivity contribution in [3.8, 4) is 0 Å². The molecule has 1 N–H and O–H groups in total. The van der Waals surface area contributed by atoms with Gasteiger partial charge in [0.2, 0.25) is 0 Å². The molecule has 0 spiro atoms. The van der Waals surface area contributed by atoms with Crippen LogP contribution in [0.3, 0.4) is 0 Å². The van der Waals surface area contributed by atoms with Gasteiger partial charge in [0.25, 0.3) is 0 Å². The highest BCUT2D eigenvalue weighted by molar-refractivity contribution is 4.80. The molecular formula is C15H29N3. The van der Waals surface area contributed by atoms with Crippen LogP contribution in [0.4, 0.5) is 0 Å².